The molecule has 2 N–H and O–H groups in total. The molecule has 0 spiro atoms. The molecule has 1 aliphatic rings. The molecule has 0 radical (unpaired) electrons. The number of halogens is 5. The zero-order valence-corrected chi connectivity index (χ0v) is 12.7. The van der Waals surface area contributed by atoms with Crippen LogP contribution in [0.1, 0.15) is 11.6 Å². The Balaban J connectivity index is 0.00000220. The molecule has 1 aliphatic heterocycles. The Hall–Kier alpha value is -0.530. The van der Waals surface area contributed by atoms with E-state index in [0.29, 0.717) is 26.2 Å². The number of nitrogens with zero attached hydrogens (tertiary/aromatic N) is 1. The predicted octanol–water partition coefficient (Wildman–Crippen LogP) is 2.47. The fourth-order valence-corrected chi connectivity index (χ4v) is 2.66. The van der Waals surface area contributed by atoms with Gasteiger partial charge in [0.15, 0.2) is 0 Å². The molecule has 8 heteroatoms. The van der Waals surface area contributed by atoms with Gasteiger partial charge in [-0.15, -0.1) is 12.4 Å². The summed E-state index contributed by atoms with van der Waals surface area (Å²) in [6, 6.07) is 1.96. The van der Waals surface area contributed by atoms with E-state index in [9.17, 15) is 13.2 Å². The minimum atomic E-state index is -3.39. The van der Waals surface area contributed by atoms with Gasteiger partial charge in [0.05, 0.1) is 0 Å². The lowest BCUT2D eigenvalue weighted by atomic mass is 9.98. The topological polar surface area (TPSA) is 35.5 Å². The molecule has 2 rings (SSSR count). The summed E-state index contributed by atoms with van der Waals surface area (Å²) in [5.74, 6) is -4.02. The van der Waals surface area contributed by atoms with Crippen LogP contribution in [0.25, 0.3) is 0 Å². The zero-order chi connectivity index (χ0) is 14.8. The maximum atomic E-state index is 14.1. The molecule has 0 saturated carbocycles. The van der Waals surface area contributed by atoms with Crippen molar-refractivity contribution in [3.8, 4) is 0 Å². The summed E-state index contributed by atoms with van der Waals surface area (Å²) >= 11 is 5.95. The van der Waals surface area contributed by atoms with E-state index < -0.39 is 24.4 Å². The number of alkyl halides is 2. The van der Waals surface area contributed by atoms with Crippen molar-refractivity contribution in [2.45, 2.75) is 12.0 Å². The van der Waals surface area contributed by atoms with E-state index in [1.165, 1.54) is 11.0 Å². The van der Waals surface area contributed by atoms with Gasteiger partial charge in [0.25, 0.3) is 5.92 Å². The van der Waals surface area contributed by atoms with Crippen LogP contribution >= 0.6 is 24.0 Å². The van der Waals surface area contributed by atoms with Crippen LogP contribution in [0.3, 0.4) is 0 Å². The first-order valence-electron chi connectivity index (χ1n) is 6.34. The van der Waals surface area contributed by atoms with Crippen LogP contribution in [-0.4, -0.2) is 48.7 Å². The van der Waals surface area contributed by atoms with Gasteiger partial charge in [-0.25, -0.2) is 13.2 Å². The number of hydrogen-bond acceptors (Lipinski definition) is 3. The Morgan fingerprint density at radius 2 is 1.95 bits per heavy atom. The molecule has 21 heavy (non-hydrogen) atoms. The Kier molecular flexibility index (Phi) is 6.74. The maximum Gasteiger partial charge on any atom is 0.289 e. The lowest BCUT2D eigenvalue weighted by Gasteiger charge is -2.39. The first kappa shape index (κ1) is 18.5. The number of aliphatic hydroxyl groups excluding tert-OH is 1. The van der Waals surface area contributed by atoms with Crippen LogP contribution in [0, 0.1) is 5.82 Å². The average Bonchev–Trinajstić information content (AvgIpc) is 2.44. The van der Waals surface area contributed by atoms with Gasteiger partial charge < -0.3 is 10.4 Å². The molecule has 0 bridgehead atoms. The van der Waals surface area contributed by atoms with Gasteiger partial charge in [-0.2, -0.15) is 0 Å². The van der Waals surface area contributed by atoms with Crippen molar-refractivity contribution >= 4 is 24.0 Å². The number of aliphatic hydroxyl groups is 1. The quantitative estimate of drug-likeness (QED) is 0.880. The Morgan fingerprint density at radius 1 is 1.33 bits per heavy atom. The largest absolute Gasteiger partial charge is 0.390 e. The molecule has 0 aromatic heterocycles. The highest BCUT2D eigenvalue weighted by Crippen LogP contribution is 2.39. The third kappa shape index (κ3) is 4.23. The van der Waals surface area contributed by atoms with Crippen molar-refractivity contribution < 1.29 is 18.3 Å². The Labute approximate surface area is 132 Å². The highest BCUT2D eigenvalue weighted by atomic mass is 35.5. The Bertz CT molecular complexity index is 471. The van der Waals surface area contributed by atoms with E-state index in [-0.39, 0.29) is 23.0 Å². The summed E-state index contributed by atoms with van der Waals surface area (Å²) in [6.45, 7) is 0.574. The lowest BCUT2D eigenvalue weighted by molar-refractivity contribution is -0.118. The van der Waals surface area contributed by atoms with Crippen molar-refractivity contribution in [2.75, 3.05) is 32.8 Å². The molecule has 0 unspecified atom stereocenters. The number of nitrogens with one attached hydrogen (secondary N) is 1. The second kappa shape index (κ2) is 7.65. The molecule has 1 fully saturated rings. The van der Waals surface area contributed by atoms with Crippen LogP contribution < -0.4 is 5.32 Å². The number of piperazine rings is 1. The zero-order valence-electron chi connectivity index (χ0n) is 11.2. The van der Waals surface area contributed by atoms with E-state index in [2.05, 4.69) is 5.32 Å². The van der Waals surface area contributed by atoms with Gasteiger partial charge in [0.2, 0.25) is 0 Å². The van der Waals surface area contributed by atoms with E-state index >= 15 is 0 Å². The third-order valence-electron chi connectivity index (χ3n) is 3.38. The van der Waals surface area contributed by atoms with Crippen molar-refractivity contribution in [1.29, 1.82) is 0 Å². The van der Waals surface area contributed by atoms with Gasteiger partial charge >= 0.3 is 0 Å². The minimum Gasteiger partial charge on any atom is -0.390 e. The SMILES string of the molecule is Cl.OCC(F)(F)[C@H](c1cc(F)ccc1Cl)N1CCNCC1. The van der Waals surface area contributed by atoms with Gasteiger partial charge in [-0.3, -0.25) is 4.90 Å². The summed E-state index contributed by atoms with van der Waals surface area (Å²) < 4.78 is 41.6. The summed E-state index contributed by atoms with van der Waals surface area (Å²) in [6.07, 6.45) is 0. The fraction of sp³-hybridized carbons (Fsp3) is 0.538. The van der Waals surface area contributed by atoms with Gasteiger partial charge in [0, 0.05) is 31.2 Å². The summed E-state index contributed by atoms with van der Waals surface area (Å²) in [4.78, 5) is 1.52. The second-order valence-corrected chi connectivity index (χ2v) is 5.18. The van der Waals surface area contributed by atoms with Crippen LogP contribution in [0.15, 0.2) is 18.2 Å². The van der Waals surface area contributed by atoms with Crippen molar-refractivity contribution in [1.82, 2.24) is 10.2 Å². The third-order valence-corrected chi connectivity index (χ3v) is 3.72. The van der Waals surface area contributed by atoms with E-state index in [0.717, 1.165) is 12.1 Å². The maximum absolute atomic E-state index is 14.1. The molecule has 1 atom stereocenters. The first-order chi connectivity index (χ1) is 9.45. The smallest absolute Gasteiger partial charge is 0.289 e. The average molecular weight is 345 g/mol. The molecule has 1 aromatic carbocycles. The lowest BCUT2D eigenvalue weighted by Crippen LogP contribution is -2.51. The molecule has 1 aromatic rings. The summed E-state index contributed by atoms with van der Waals surface area (Å²) in [5.41, 5.74) is 0.00705. The van der Waals surface area contributed by atoms with E-state index in [1.807, 2.05) is 0 Å². The summed E-state index contributed by atoms with van der Waals surface area (Å²) in [5, 5.41) is 12.1. The fourth-order valence-electron chi connectivity index (χ4n) is 2.44. The van der Waals surface area contributed by atoms with Crippen molar-refractivity contribution in [3.63, 3.8) is 0 Å². The van der Waals surface area contributed by atoms with E-state index in [1.54, 1.807) is 0 Å². The highest BCUT2D eigenvalue weighted by Gasteiger charge is 2.45. The molecule has 1 heterocycles. The van der Waals surface area contributed by atoms with Crippen molar-refractivity contribution in [2.24, 2.45) is 0 Å². The molecule has 0 aliphatic carbocycles. The van der Waals surface area contributed by atoms with Gasteiger partial charge in [-0.05, 0) is 23.8 Å². The monoisotopic (exact) mass is 344 g/mol. The second-order valence-electron chi connectivity index (χ2n) is 4.77. The van der Waals surface area contributed by atoms with Crippen LogP contribution in [0.4, 0.5) is 13.2 Å². The van der Waals surface area contributed by atoms with Crippen LogP contribution in [0.2, 0.25) is 5.02 Å². The van der Waals surface area contributed by atoms with E-state index in [4.69, 9.17) is 16.7 Å². The molecule has 0 amide bonds. The standard InChI is InChI=1S/C13H16ClF3N2O.ClH/c14-11-2-1-9(15)7-10(11)12(13(16,17)8-20)19-5-3-18-4-6-19;/h1-2,7,12,18,20H,3-6,8H2;1H/t12-;/m0./s1. The molecular formula is C13H17Cl2F3N2O. The van der Waals surface area contributed by atoms with Gasteiger partial charge in [-0.1, -0.05) is 11.6 Å². The number of hydrogen-bond donors (Lipinski definition) is 2. The Morgan fingerprint density at radius 3 is 2.52 bits per heavy atom. The molecule has 120 valence electrons. The van der Waals surface area contributed by atoms with Crippen molar-refractivity contribution in [3.05, 3.63) is 34.6 Å². The van der Waals surface area contributed by atoms with Crippen LogP contribution in [-0.2, 0) is 0 Å². The molecule has 3 nitrogen and oxygen atoms in total. The minimum absolute atomic E-state index is 0. The molecular weight excluding hydrogens is 328 g/mol. The highest BCUT2D eigenvalue weighted by molar-refractivity contribution is 6.31. The van der Waals surface area contributed by atoms with Gasteiger partial charge in [0.1, 0.15) is 18.5 Å². The van der Waals surface area contributed by atoms with Crippen LogP contribution in [0.5, 0.6) is 0 Å². The predicted molar refractivity (Wildman–Crippen MR) is 77.9 cm³/mol. The normalized spacial score (nSPS) is 18.1. The number of benzene rings is 1. The molecule has 1 saturated heterocycles. The number of rotatable bonds is 4. The first-order valence-corrected chi connectivity index (χ1v) is 6.72. The summed E-state index contributed by atoms with van der Waals surface area (Å²) in [7, 11) is 0.